The number of rotatable bonds is 7. The van der Waals surface area contributed by atoms with E-state index in [4.69, 9.17) is 5.26 Å². The Kier molecular flexibility index (Phi) is 8.02. The highest BCUT2D eigenvalue weighted by Crippen LogP contribution is 2.06. The van der Waals surface area contributed by atoms with Gasteiger partial charge in [0.25, 0.3) is 0 Å². The Morgan fingerprint density at radius 3 is 2.36 bits per heavy atom. The number of hydrogen-bond donors (Lipinski definition) is 1. The molecule has 0 N–H and O–H groups in total. The van der Waals surface area contributed by atoms with Crippen LogP contribution in [0.15, 0.2) is 0 Å². The Morgan fingerprint density at radius 1 is 1.29 bits per heavy atom. The summed E-state index contributed by atoms with van der Waals surface area (Å²) in [6, 6.07) is 2.20. The number of nitriles is 1. The van der Waals surface area contributed by atoms with Crippen LogP contribution in [-0.2, 0) is 0 Å². The standard InChI is InChI=1S/C11H22N2S/c1-10(2)7-13(6-4-5-12)8-11(3)9-14/h10-11,14H,4,6-9H2,1-3H3. The largest absolute Gasteiger partial charge is 0.302 e. The van der Waals surface area contributed by atoms with Crippen LogP contribution >= 0.6 is 12.6 Å². The lowest BCUT2D eigenvalue weighted by molar-refractivity contribution is 0.225. The molecular formula is C11H22N2S. The van der Waals surface area contributed by atoms with Gasteiger partial charge in [-0.05, 0) is 17.6 Å². The van der Waals surface area contributed by atoms with E-state index < -0.39 is 0 Å². The van der Waals surface area contributed by atoms with Crippen molar-refractivity contribution in [3.8, 4) is 6.07 Å². The van der Waals surface area contributed by atoms with Crippen molar-refractivity contribution in [1.82, 2.24) is 4.90 Å². The first-order valence-corrected chi connectivity index (χ1v) is 5.93. The van der Waals surface area contributed by atoms with E-state index >= 15 is 0 Å². The molecule has 1 unspecified atom stereocenters. The van der Waals surface area contributed by atoms with Crippen LogP contribution in [0.5, 0.6) is 0 Å². The second-order valence-electron chi connectivity index (χ2n) is 4.35. The first-order valence-electron chi connectivity index (χ1n) is 5.30. The average molecular weight is 214 g/mol. The summed E-state index contributed by atoms with van der Waals surface area (Å²) in [5.41, 5.74) is 0. The minimum absolute atomic E-state index is 0.607. The molecule has 0 heterocycles. The van der Waals surface area contributed by atoms with E-state index in [0.717, 1.165) is 25.4 Å². The van der Waals surface area contributed by atoms with Crippen LogP contribution in [0.2, 0.25) is 0 Å². The van der Waals surface area contributed by atoms with E-state index in [1.165, 1.54) is 0 Å². The van der Waals surface area contributed by atoms with Gasteiger partial charge in [-0.15, -0.1) is 0 Å². The molecule has 0 saturated heterocycles. The first kappa shape index (κ1) is 13.8. The van der Waals surface area contributed by atoms with E-state index in [9.17, 15) is 0 Å². The van der Waals surface area contributed by atoms with Crippen molar-refractivity contribution in [2.75, 3.05) is 25.4 Å². The second-order valence-corrected chi connectivity index (χ2v) is 4.71. The fourth-order valence-corrected chi connectivity index (χ4v) is 1.60. The maximum Gasteiger partial charge on any atom is 0.0635 e. The highest BCUT2D eigenvalue weighted by molar-refractivity contribution is 7.80. The number of thiol groups is 1. The van der Waals surface area contributed by atoms with E-state index in [0.29, 0.717) is 18.3 Å². The molecule has 0 fully saturated rings. The lowest BCUT2D eigenvalue weighted by Gasteiger charge is -2.25. The van der Waals surface area contributed by atoms with Gasteiger partial charge in [-0.3, -0.25) is 0 Å². The van der Waals surface area contributed by atoms with Crippen LogP contribution in [0, 0.1) is 23.2 Å². The van der Waals surface area contributed by atoms with E-state index in [1.807, 2.05) is 0 Å². The van der Waals surface area contributed by atoms with Crippen LogP contribution < -0.4 is 0 Å². The van der Waals surface area contributed by atoms with Crippen molar-refractivity contribution in [3.05, 3.63) is 0 Å². The van der Waals surface area contributed by atoms with Gasteiger partial charge in [0.15, 0.2) is 0 Å². The predicted octanol–water partition coefficient (Wildman–Crippen LogP) is 2.42. The Hall–Kier alpha value is -0.200. The minimum Gasteiger partial charge on any atom is -0.302 e. The summed E-state index contributed by atoms with van der Waals surface area (Å²) in [6.07, 6.45) is 0.631. The molecule has 14 heavy (non-hydrogen) atoms. The summed E-state index contributed by atoms with van der Waals surface area (Å²) < 4.78 is 0. The Labute approximate surface area is 93.7 Å². The second kappa shape index (κ2) is 8.14. The predicted molar refractivity (Wildman–Crippen MR) is 64.5 cm³/mol. The third-order valence-electron chi connectivity index (χ3n) is 2.04. The maximum absolute atomic E-state index is 8.55. The summed E-state index contributed by atoms with van der Waals surface area (Å²) in [5, 5.41) is 8.55. The average Bonchev–Trinajstić information content (AvgIpc) is 2.13. The zero-order valence-corrected chi connectivity index (χ0v) is 10.4. The van der Waals surface area contributed by atoms with Crippen LogP contribution in [0.3, 0.4) is 0 Å². The molecule has 3 heteroatoms. The molecule has 0 aliphatic heterocycles. The fourth-order valence-electron chi connectivity index (χ4n) is 1.48. The molecule has 0 rings (SSSR count). The van der Waals surface area contributed by atoms with E-state index in [1.54, 1.807) is 0 Å². The first-order chi connectivity index (χ1) is 6.60. The van der Waals surface area contributed by atoms with Crippen molar-refractivity contribution >= 4 is 12.6 Å². The molecule has 82 valence electrons. The highest BCUT2D eigenvalue weighted by Gasteiger charge is 2.10. The highest BCUT2D eigenvalue weighted by atomic mass is 32.1. The van der Waals surface area contributed by atoms with Gasteiger partial charge < -0.3 is 4.90 Å². The van der Waals surface area contributed by atoms with Crippen molar-refractivity contribution < 1.29 is 0 Å². The van der Waals surface area contributed by atoms with Crippen LogP contribution in [0.25, 0.3) is 0 Å². The zero-order chi connectivity index (χ0) is 11.0. The van der Waals surface area contributed by atoms with Gasteiger partial charge in [0.05, 0.1) is 6.07 Å². The molecule has 0 aliphatic carbocycles. The Bertz CT molecular complexity index is 175. The van der Waals surface area contributed by atoms with Gasteiger partial charge in [-0.25, -0.2) is 0 Å². The quantitative estimate of drug-likeness (QED) is 0.659. The summed E-state index contributed by atoms with van der Waals surface area (Å²) in [4.78, 5) is 2.37. The molecule has 0 bridgehead atoms. The molecule has 0 aliphatic rings. The van der Waals surface area contributed by atoms with Crippen molar-refractivity contribution in [2.45, 2.75) is 27.2 Å². The molecule has 0 amide bonds. The number of hydrogen-bond acceptors (Lipinski definition) is 3. The van der Waals surface area contributed by atoms with Crippen molar-refractivity contribution in [2.24, 2.45) is 11.8 Å². The molecule has 0 aromatic carbocycles. The van der Waals surface area contributed by atoms with Crippen LogP contribution in [0.1, 0.15) is 27.2 Å². The molecule has 0 saturated carbocycles. The Morgan fingerprint density at radius 2 is 1.93 bits per heavy atom. The lowest BCUT2D eigenvalue weighted by atomic mass is 10.1. The minimum atomic E-state index is 0.607. The van der Waals surface area contributed by atoms with E-state index in [2.05, 4.69) is 44.4 Å². The molecule has 1 atom stereocenters. The molecule has 2 nitrogen and oxygen atoms in total. The molecule has 0 spiro atoms. The van der Waals surface area contributed by atoms with Gasteiger partial charge >= 0.3 is 0 Å². The summed E-state index contributed by atoms with van der Waals surface area (Å²) in [7, 11) is 0. The molecule has 0 aromatic rings. The van der Waals surface area contributed by atoms with Gasteiger partial charge in [0.1, 0.15) is 0 Å². The summed E-state index contributed by atoms with van der Waals surface area (Å²) in [6.45, 7) is 9.66. The molecular weight excluding hydrogens is 192 g/mol. The zero-order valence-electron chi connectivity index (χ0n) is 9.53. The van der Waals surface area contributed by atoms with Gasteiger partial charge in [0.2, 0.25) is 0 Å². The topological polar surface area (TPSA) is 27.0 Å². The fraction of sp³-hybridized carbons (Fsp3) is 0.909. The smallest absolute Gasteiger partial charge is 0.0635 e. The van der Waals surface area contributed by atoms with Crippen LogP contribution in [-0.4, -0.2) is 30.3 Å². The van der Waals surface area contributed by atoms with Gasteiger partial charge in [-0.2, -0.15) is 17.9 Å². The van der Waals surface area contributed by atoms with Gasteiger partial charge in [-0.1, -0.05) is 20.8 Å². The normalized spacial score (nSPS) is 13.2. The third-order valence-corrected chi connectivity index (χ3v) is 2.67. The monoisotopic (exact) mass is 214 g/mol. The SMILES string of the molecule is CC(C)CN(CCC#N)CC(C)CS. The maximum atomic E-state index is 8.55. The Balaban J connectivity index is 3.91. The number of nitrogens with zero attached hydrogens (tertiary/aromatic N) is 2. The molecule has 0 aromatic heterocycles. The van der Waals surface area contributed by atoms with Gasteiger partial charge in [0, 0.05) is 26.1 Å². The lowest BCUT2D eigenvalue weighted by Crippen LogP contribution is -2.33. The molecule has 0 radical (unpaired) electrons. The van der Waals surface area contributed by atoms with Crippen LogP contribution in [0.4, 0.5) is 0 Å². The van der Waals surface area contributed by atoms with E-state index in [-0.39, 0.29) is 0 Å². The third kappa shape index (κ3) is 7.23. The van der Waals surface area contributed by atoms with Crippen molar-refractivity contribution in [3.63, 3.8) is 0 Å². The summed E-state index contributed by atoms with van der Waals surface area (Å²) >= 11 is 4.28. The van der Waals surface area contributed by atoms with Crippen molar-refractivity contribution in [1.29, 1.82) is 5.26 Å². The summed E-state index contributed by atoms with van der Waals surface area (Å²) in [5.74, 6) is 2.19.